The summed E-state index contributed by atoms with van der Waals surface area (Å²) in [4.78, 5) is 29.1. The van der Waals surface area contributed by atoms with Gasteiger partial charge in [0.05, 0.1) is 28.1 Å². The highest BCUT2D eigenvalue weighted by molar-refractivity contribution is 7.99. The van der Waals surface area contributed by atoms with Gasteiger partial charge in [-0.25, -0.2) is 4.98 Å². The standard InChI is InChI=1S/C22H21ClF3N5O2S/c1-12(2)18(28-20(33)13-6-4-3-5-7-13)19-29-21(31-30-19)34-11-17(32)27-16-10-14(22(24,25)26)8-9-15(16)23/h3-10,12,18H,11H2,1-2H3,(H,27,32)(H,28,33)(H,29,30,31). The molecule has 1 atom stereocenters. The average Bonchev–Trinajstić information content (AvgIpc) is 3.25. The van der Waals surface area contributed by atoms with E-state index < -0.39 is 23.7 Å². The van der Waals surface area contributed by atoms with Crippen LogP contribution in [0.3, 0.4) is 0 Å². The lowest BCUT2D eigenvalue weighted by molar-refractivity contribution is -0.137. The quantitative estimate of drug-likeness (QED) is 0.355. The molecule has 1 heterocycles. The van der Waals surface area contributed by atoms with Crippen LogP contribution in [0.4, 0.5) is 18.9 Å². The van der Waals surface area contributed by atoms with Crippen LogP contribution < -0.4 is 10.6 Å². The number of benzene rings is 2. The molecule has 2 amide bonds. The first kappa shape index (κ1) is 25.6. The van der Waals surface area contributed by atoms with E-state index in [-0.39, 0.29) is 33.4 Å². The van der Waals surface area contributed by atoms with Crippen LogP contribution in [-0.2, 0) is 11.0 Å². The van der Waals surface area contributed by atoms with E-state index in [0.29, 0.717) is 11.4 Å². The number of aromatic nitrogens is 3. The van der Waals surface area contributed by atoms with Gasteiger partial charge in [-0.2, -0.15) is 13.2 Å². The van der Waals surface area contributed by atoms with Gasteiger partial charge in [-0.1, -0.05) is 55.4 Å². The predicted molar refractivity (Wildman–Crippen MR) is 124 cm³/mol. The summed E-state index contributed by atoms with van der Waals surface area (Å²) in [5, 5.41) is 12.4. The Morgan fingerprint density at radius 1 is 1.15 bits per heavy atom. The number of H-pyrrole nitrogens is 1. The van der Waals surface area contributed by atoms with E-state index in [1.807, 2.05) is 19.9 Å². The van der Waals surface area contributed by atoms with Crippen LogP contribution in [0.15, 0.2) is 53.7 Å². The highest BCUT2D eigenvalue weighted by atomic mass is 35.5. The number of aromatic amines is 1. The fourth-order valence-corrected chi connectivity index (χ4v) is 3.71. The van der Waals surface area contributed by atoms with Gasteiger partial charge in [0.1, 0.15) is 5.82 Å². The largest absolute Gasteiger partial charge is 0.416 e. The molecule has 0 saturated heterocycles. The number of nitrogens with zero attached hydrogens (tertiary/aromatic N) is 2. The minimum Gasteiger partial charge on any atom is -0.342 e. The third-order valence-electron chi connectivity index (χ3n) is 4.67. The Kier molecular flexibility index (Phi) is 8.21. The van der Waals surface area contributed by atoms with Crippen molar-refractivity contribution >= 4 is 40.9 Å². The number of alkyl halides is 3. The van der Waals surface area contributed by atoms with E-state index in [0.717, 1.165) is 30.0 Å². The molecular weight excluding hydrogens is 491 g/mol. The maximum Gasteiger partial charge on any atom is 0.416 e. The molecule has 2 aromatic carbocycles. The molecule has 0 aliphatic rings. The maximum absolute atomic E-state index is 12.9. The smallest absolute Gasteiger partial charge is 0.342 e. The number of thioether (sulfide) groups is 1. The van der Waals surface area contributed by atoms with Crippen molar-refractivity contribution in [2.75, 3.05) is 11.1 Å². The van der Waals surface area contributed by atoms with Crippen molar-refractivity contribution in [2.45, 2.75) is 31.2 Å². The van der Waals surface area contributed by atoms with Crippen molar-refractivity contribution < 1.29 is 22.8 Å². The Balaban J connectivity index is 1.62. The molecular formula is C22H21ClF3N5O2S. The minimum atomic E-state index is -4.56. The van der Waals surface area contributed by atoms with E-state index in [2.05, 4.69) is 25.8 Å². The number of rotatable bonds is 8. The highest BCUT2D eigenvalue weighted by Gasteiger charge is 2.31. The molecule has 0 fully saturated rings. The summed E-state index contributed by atoms with van der Waals surface area (Å²) >= 11 is 6.89. The van der Waals surface area contributed by atoms with E-state index >= 15 is 0 Å². The van der Waals surface area contributed by atoms with Crippen LogP contribution in [0.2, 0.25) is 5.02 Å². The molecule has 7 nitrogen and oxygen atoms in total. The molecule has 3 N–H and O–H groups in total. The van der Waals surface area contributed by atoms with Crippen LogP contribution in [0, 0.1) is 5.92 Å². The van der Waals surface area contributed by atoms with Gasteiger partial charge >= 0.3 is 6.18 Å². The second-order valence-electron chi connectivity index (χ2n) is 7.59. The molecule has 1 unspecified atom stereocenters. The van der Waals surface area contributed by atoms with Gasteiger partial charge in [-0.05, 0) is 36.2 Å². The molecule has 0 saturated carbocycles. The van der Waals surface area contributed by atoms with Crippen molar-refractivity contribution in [2.24, 2.45) is 5.92 Å². The van der Waals surface area contributed by atoms with Crippen LogP contribution in [0.1, 0.15) is 41.6 Å². The summed E-state index contributed by atoms with van der Waals surface area (Å²) < 4.78 is 38.7. The molecule has 0 aliphatic heterocycles. The number of nitrogens with one attached hydrogen (secondary N) is 3. The van der Waals surface area contributed by atoms with E-state index in [9.17, 15) is 22.8 Å². The lowest BCUT2D eigenvalue weighted by Gasteiger charge is -2.19. The van der Waals surface area contributed by atoms with E-state index in [4.69, 9.17) is 11.6 Å². The monoisotopic (exact) mass is 511 g/mol. The summed E-state index contributed by atoms with van der Waals surface area (Å²) in [5.41, 5.74) is -0.552. The second kappa shape index (κ2) is 10.9. The molecule has 0 spiro atoms. The molecule has 0 aliphatic carbocycles. The van der Waals surface area contributed by atoms with E-state index in [1.165, 1.54) is 0 Å². The number of carbonyl (C=O) groups is 2. The molecule has 180 valence electrons. The third kappa shape index (κ3) is 6.73. The van der Waals surface area contributed by atoms with Gasteiger partial charge in [0.25, 0.3) is 5.91 Å². The fourth-order valence-electron chi connectivity index (χ4n) is 2.94. The van der Waals surface area contributed by atoms with Crippen LogP contribution >= 0.6 is 23.4 Å². The Bertz CT molecular complexity index is 1150. The highest BCUT2D eigenvalue weighted by Crippen LogP contribution is 2.34. The minimum absolute atomic E-state index is 0.00943. The first-order valence-corrected chi connectivity index (χ1v) is 11.5. The summed E-state index contributed by atoms with van der Waals surface area (Å²) in [6.45, 7) is 3.83. The zero-order valence-corrected chi connectivity index (χ0v) is 19.7. The van der Waals surface area contributed by atoms with Crippen LogP contribution in [0.5, 0.6) is 0 Å². The average molecular weight is 512 g/mol. The van der Waals surface area contributed by atoms with Gasteiger partial charge in [-0.3, -0.25) is 14.7 Å². The zero-order valence-electron chi connectivity index (χ0n) is 18.1. The first-order valence-electron chi connectivity index (χ1n) is 10.1. The molecule has 0 bridgehead atoms. The Labute approximate surface area is 202 Å². The third-order valence-corrected chi connectivity index (χ3v) is 5.84. The summed E-state index contributed by atoms with van der Waals surface area (Å²) in [6.07, 6.45) is -4.56. The van der Waals surface area contributed by atoms with Crippen molar-refractivity contribution in [1.29, 1.82) is 0 Å². The molecule has 12 heteroatoms. The number of carbonyl (C=O) groups excluding carboxylic acids is 2. The summed E-state index contributed by atoms with van der Waals surface area (Å²) in [5.74, 6) is -0.586. The Morgan fingerprint density at radius 3 is 2.50 bits per heavy atom. The molecule has 3 aromatic rings. The van der Waals surface area contributed by atoms with Gasteiger partial charge in [0.2, 0.25) is 11.1 Å². The molecule has 1 aromatic heterocycles. The number of anilines is 1. The van der Waals surface area contributed by atoms with Crippen molar-refractivity contribution in [3.63, 3.8) is 0 Å². The zero-order chi connectivity index (χ0) is 24.9. The fraction of sp³-hybridized carbons (Fsp3) is 0.273. The van der Waals surface area contributed by atoms with Crippen molar-refractivity contribution in [3.8, 4) is 0 Å². The van der Waals surface area contributed by atoms with Gasteiger partial charge in [-0.15, -0.1) is 5.10 Å². The summed E-state index contributed by atoms with van der Waals surface area (Å²) in [6, 6.07) is 11.0. The maximum atomic E-state index is 12.9. The predicted octanol–water partition coefficient (Wildman–Crippen LogP) is 5.33. The number of hydrogen-bond donors (Lipinski definition) is 3. The Hall–Kier alpha value is -3.05. The first-order chi connectivity index (χ1) is 16.0. The SMILES string of the molecule is CC(C)C(NC(=O)c1ccccc1)c1nc(SCC(=O)Nc2cc(C(F)(F)F)ccc2Cl)n[nH]1. The Morgan fingerprint density at radius 2 is 1.85 bits per heavy atom. The van der Waals surface area contributed by atoms with Gasteiger partial charge in [0, 0.05) is 5.56 Å². The van der Waals surface area contributed by atoms with E-state index in [1.54, 1.807) is 24.3 Å². The lowest BCUT2D eigenvalue weighted by atomic mass is 10.0. The normalized spacial score (nSPS) is 12.4. The van der Waals surface area contributed by atoms with Crippen molar-refractivity contribution in [3.05, 3.63) is 70.5 Å². The second-order valence-corrected chi connectivity index (χ2v) is 8.94. The van der Waals surface area contributed by atoms with Crippen LogP contribution in [-0.4, -0.2) is 32.7 Å². The lowest BCUT2D eigenvalue weighted by Crippen LogP contribution is -2.32. The van der Waals surface area contributed by atoms with Gasteiger partial charge in [0.15, 0.2) is 0 Å². The number of halogens is 4. The topological polar surface area (TPSA) is 99.8 Å². The summed E-state index contributed by atoms with van der Waals surface area (Å²) in [7, 11) is 0. The molecule has 0 radical (unpaired) electrons. The number of hydrogen-bond acceptors (Lipinski definition) is 5. The number of amides is 2. The molecule has 34 heavy (non-hydrogen) atoms. The van der Waals surface area contributed by atoms with Gasteiger partial charge < -0.3 is 10.6 Å². The van der Waals surface area contributed by atoms with Crippen LogP contribution in [0.25, 0.3) is 0 Å². The molecule has 3 rings (SSSR count). The van der Waals surface area contributed by atoms with Crippen molar-refractivity contribution in [1.82, 2.24) is 20.5 Å².